The quantitative estimate of drug-likeness (QED) is 0.709. The number of carbonyl (C=O) groups excluding carboxylic acids is 1. The van der Waals surface area contributed by atoms with Crippen LogP contribution in [0.15, 0.2) is 60.7 Å². The molecule has 2 heterocycles. The first-order valence-electron chi connectivity index (χ1n) is 8.97. The van der Waals surface area contributed by atoms with E-state index < -0.39 is 0 Å². The zero-order chi connectivity index (χ0) is 18.6. The fourth-order valence-corrected chi connectivity index (χ4v) is 3.19. The Bertz CT molecular complexity index is 922. The van der Waals surface area contributed by atoms with E-state index in [1.807, 2.05) is 41.1 Å². The Balaban J connectivity index is 1.46. The number of aromatic nitrogens is 2. The first-order chi connectivity index (χ1) is 13.2. The number of hydrogen-bond acceptors (Lipinski definition) is 3. The molecule has 0 N–H and O–H groups in total. The van der Waals surface area contributed by atoms with E-state index in [0.29, 0.717) is 31.1 Å². The smallest absolute Gasteiger partial charge is 0.254 e. The first kappa shape index (κ1) is 17.3. The number of ether oxygens (including phenoxy) is 1. The minimum Gasteiger partial charge on any atom is -0.472 e. The van der Waals surface area contributed by atoms with Crippen LogP contribution in [0.1, 0.15) is 28.0 Å². The number of fused-ring (bicyclic) bond motifs is 1. The van der Waals surface area contributed by atoms with Gasteiger partial charge in [-0.1, -0.05) is 30.3 Å². The fourth-order valence-electron chi connectivity index (χ4n) is 3.19. The van der Waals surface area contributed by atoms with E-state index in [1.54, 1.807) is 4.90 Å². The Morgan fingerprint density at radius 3 is 2.63 bits per heavy atom. The Labute approximate surface area is 157 Å². The molecule has 0 aliphatic carbocycles. The number of halogens is 1. The second kappa shape index (κ2) is 7.61. The predicted octanol–water partition coefficient (Wildman–Crippen LogP) is 3.65. The normalized spacial score (nSPS) is 13.7. The van der Waals surface area contributed by atoms with E-state index in [4.69, 9.17) is 4.74 Å². The van der Waals surface area contributed by atoms with Gasteiger partial charge in [-0.25, -0.2) is 4.39 Å². The Hall–Kier alpha value is -3.15. The molecule has 0 bridgehead atoms. The van der Waals surface area contributed by atoms with Crippen molar-refractivity contribution >= 4 is 5.91 Å². The molecule has 1 aromatic heterocycles. The molecule has 0 radical (unpaired) electrons. The van der Waals surface area contributed by atoms with Gasteiger partial charge >= 0.3 is 0 Å². The highest BCUT2D eigenvalue weighted by atomic mass is 19.1. The first-order valence-corrected chi connectivity index (χ1v) is 8.97. The van der Waals surface area contributed by atoms with E-state index >= 15 is 0 Å². The summed E-state index contributed by atoms with van der Waals surface area (Å²) in [4.78, 5) is 14.5. The number of aryl methyl sites for hydroxylation is 1. The summed E-state index contributed by atoms with van der Waals surface area (Å²) < 4.78 is 20.8. The molecule has 2 aromatic carbocycles. The van der Waals surface area contributed by atoms with Gasteiger partial charge in [-0.05, 0) is 36.2 Å². The Morgan fingerprint density at radius 2 is 1.85 bits per heavy atom. The van der Waals surface area contributed by atoms with Crippen LogP contribution in [0.2, 0.25) is 0 Å². The highest BCUT2D eigenvalue weighted by Gasteiger charge is 2.22. The molecule has 138 valence electrons. The number of nitrogens with zero attached hydrogens (tertiary/aromatic N) is 3. The van der Waals surface area contributed by atoms with Gasteiger partial charge in [0.15, 0.2) is 0 Å². The summed E-state index contributed by atoms with van der Waals surface area (Å²) in [6.45, 7) is 2.28. The van der Waals surface area contributed by atoms with E-state index in [9.17, 15) is 9.18 Å². The van der Waals surface area contributed by atoms with Gasteiger partial charge in [-0.2, -0.15) is 0 Å². The van der Waals surface area contributed by atoms with Gasteiger partial charge in [0.25, 0.3) is 5.91 Å². The van der Waals surface area contributed by atoms with E-state index in [1.165, 1.54) is 24.3 Å². The van der Waals surface area contributed by atoms with Crippen LogP contribution < -0.4 is 4.74 Å². The summed E-state index contributed by atoms with van der Waals surface area (Å²) in [5.41, 5.74) is 2.50. The van der Waals surface area contributed by atoms with Gasteiger partial charge in [-0.15, -0.1) is 5.10 Å². The molecule has 0 saturated carbocycles. The molecular weight excluding hydrogens is 345 g/mol. The summed E-state index contributed by atoms with van der Waals surface area (Å²) in [7, 11) is 0. The van der Waals surface area contributed by atoms with Crippen molar-refractivity contribution in [2.75, 3.05) is 6.54 Å². The third kappa shape index (κ3) is 4.00. The predicted molar refractivity (Wildman–Crippen MR) is 98.8 cm³/mol. The van der Waals surface area contributed by atoms with Crippen molar-refractivity contribution < 1.29 is 13.9 Å². The number of benzene rings is 2. The molecule has 4 rings (SSSR count). The molecule has 0 spiro atoms. The van der Waals surface area contributed by atoms with Crippen molar-refractivity contribution in [1.29, 1.82) is 0 Å². The number of carbonyl (C=O) groups is 1. The maximum Gasteiger partial charge on any atom is 0.254 e. The van der Waals surface area contributed by atoms with Crippen LogP contribution in [0.5, 0.6) is 5.88 Å². The minimum atomic E-state index is -0.347. The number of hydrogen-bond donors (Lipinski definition) is 0. The third-order valence-corrected chi connectivity index (χ3v) is 4.60. The van der Waals surface area contributed by atoms with Crippen molar-refractivity contribution in [2.45, 2.75) is 26.1 Å². The molecule has 1 amide bonds. The average molecular weight is 365 g/mol. The summed E-state index contributed by atoms with van der Waals surface area (Å²) in [6.07, 6.45) is 0.805. The van der Waals surface area contributed by atoms with E-state index in [-0.39, 0.29) is 11.7 Å². The van der Waals surface area contributed by atoms with Crippen LogP contribution in [0.4, 0.5) is 4.39 Å². The Kier molecular flexibility index (Phi) is 4.87. The highest BCUT2D eigenvalue weighted by molar-refractivity contribution is 5.94. The summed E-state index contributed by atoms with van der Waals surface area (Å²) in [5, 5.41) is 4.51. The van der Waals surface area contributed by atoms with E-state index in [2.05, 4.69) is 5.10 Å². The van der Waals surface area contributed by atoms with Crippen molar-refractivity contribution in [2.24, 2.45) is 0 Å². The lowest BCUT2D eigenvalue weighted by molar-refractivity contribution is 0.0745. The lowest BCUT2D eigenvalue weighted by Gasteiger charge is -2.20. The van der Waals surface area contributed by atoms with Gasteiger partial charge in [0.1, 0.15) is 12.4 Å². The van der Waals surface area contributed by atoms with Gasteiger partial charge in [0.2, 0.25) is 5.88 Å². The summed E-state index contributed by atoms with van der Waals surface area (Å²) >= 11 is 0. The number of amides is 1. The molecule has 0 unspecified atom stereocenters. The van der Waals surface area contributed by atoms with Crippen molar-refractivity contribution in [3.8, 4) is 5.88 Å². The Morgan fingerprint density at radius 1 is 1.07 bits per heavy atom. The summed E-state index contributed by atoms with van der Waals surface area (Å²) in [6, 6.07) is 17.5. The van der Waals surface area contributed by atoms with Crippen LogP contribution in [0.3, 0.4) is 0 Å². The monoisotopic (exact) mass is 365 g/mol. The molecule has 1 aliphatic heterocycles. The molecule has 5 nitrogen and oxygen atoms in total. The van der Waals surface area contributed by atoms with Gasteiger partial charge in [0, 0.05) is 24.7 Å². The van der Waals surface area contributed by atoms with Gasteiger partial charge in [-0.3, -0.25) is 9.48 Å². The molecule has 6 heteroatoms. The zero-order valence-corrected chi connectivity index (χ0v) is 14.8. The fraction of sp³-hybridized carbons (Fsp3) is 0.238. The van der Waals surface area contributed by atoms with Crippen molar-refractivity contribution in [3.05, 3.63) is 83.3 Å². The van der Waals surface area contributed by atoms with Crippen LogP contribution >= 0.6 is 0 Å². The maximum absolute atomic E-state index is 13.1. The second-order valence-electron chi connectivity index (χ2n) is 6.56. The molecule has 27 heavy (non-hydrogen) atoms. The molecule has 3 aromatic rings. The maximum atomic E-state index is 13.1. The second-order valence-corrected chi connectivity index (χ2v) is 6.56. The van der Waals surface area contributed by atoms with E-state index in [0.717, 1.165) is 24.2 Å². The van der Waals surface area contributed by atoms with Gasteiger partial charge in [0.05, 0.1) is 12.2 Å². The third-order valence-electron chi connectivity index (χ3n) is 4.60. The topological polar surface area (TPSA) is 47.4 Å². The van der Waals surface area contributed by atoms with Crippen molar-refractivity contribution in [3.63, 3.8) is 0 Å². The molecule has 0 atom stereocenters. The average Bonchev–Trinajstić information content (AvgIpc) is 2.97. The lowest BCUT2D eigenvalue weighted by Crippen LogP contribution is -2.30. The van der Waals surface area contributed by atoms with Gasteiger partial charge < -0.3 is 9.64 Å². The molecule has 0 fully saturated rings. The standard InChI is InChI=1S/C21H20FN3O2/c22-18-9-7-17(8-10-18)21(26)24-11-4-12-25-19(14-24)13-20(23-25)27-15-16-5-2-1-3-6-16/h1-3,5-10,13H,4,11-12,14-15H2. The molecule has 1 aliphatic rings. The zero-order valence-electron chi connectivity index (χ0n) is 14.8. The number of rotatable bonds is 4. The largest absolute Gasteiger partial charge is 0.472 e. The minimum absolute atomic E-state index is 0.101. The van der Waals surface area contributed by atoms with Crippen LogP contribution in [-0.2, 0) is 19.7 Å². The van der Waals surface area contributed by atoms with Crippen LogP contribution in [0.25, 0.3) is 0 Å². The van der Waals surface area contributed by atoms with Crippen LogP contribution in [0, 0.1) is 5.82 Å². The molecule has 0 saturated heterocycles. The summed E-state index contributed by atoms with van der Waals surface area (Å²) in [5.74, 6) is 0.113. The van der Waals surface area contributed by atoms with Crippen LogP contribution in [-0.4, -0.2) is 27.1 Å². The SMILES string of the molecule is O=C(c1ccc(F)cc1)N1CCCn2nc(OCc3ccccc3)cc2C1. The van der Waals surface area contributed by atoms with Crippen molar-refractivity contribution in [1.82, 2.24) is 14.7 Å². The lowest BCUT2D eigenvalue weighted by atomic mass is 10.2. The highest BCUT2D eigenvalue weighted by Crippen LogP contribution is 2.20. The molecular formula is C21H20FN3O2.